The van der Waals surface area contributed by atoms with Crippen molar-refractivity contribution >= 4 is 23.7 Å². The molecule has 10 heteroatoms. The number of carbonyl (C=O) groups excluding carboxylic acids is 2. The summed E-state index contributed by atoms with van der Waals surface area (Å²) in [7, 11) is 1.63. The molecule has 1 unspecified atom stereocenters. The van der Waals surface area contributed by atoms with Crippen LogP contribution in [0.2, 0.25) is 0 Å². The van der Waals surface area contributed by atoms with Crippen molar-refractivity contribution < 1.29 is 19.1 Å². The van der Waals surface area contributed by atoms with Crippen molar-refractivity contribution in [3.8, 4) is 11.5 Å². The summed E-state index contributed by atoms with van der Waals surface area (Å²) in [5.74, 6) is 6.08. The van der Waals surface area contributed by atoms with Gasteiger partial charge in [0.1, 0.15) is 18.9 Å². The quantitative estimate of drug-likeness (QED) is 0.218. The molecule has 5 N–H and O–H groups in total. The molecule has 0 fully saturated rings. The Morgan fingerprint density at radius 3 is 2.66 bits per heavy atom. The smallest absolute Gasteiger partial charge is 0.267 e. The number of rotatable bonds is 11. The topological polar surface area (TPSA) is 142 Å². The van der Waals surface area contributed by atoms with Gasteiger partial charge < -0.3 is 20.1 Å². The van der Waals surface area contributed by atoms with Crippen LogP contribution in [-0.4, -0.2) is 68.6 Å². The van der Waals surface area contributed by atoms with Crippen molar-refractivity contribution in [3.05, 3.63) is 59.2 Å². The first-order valence-corrected chi connectivity index (χ1v) is 11.5. The van der Waals surface area contributed by atoms with Crippen molar-refractivity contribution in [2.75, 3.05) is 39.9 Å². The second-order valence-electron chi connectivity index (χ2n) is 7.99. The minimum atomic E-state index is -0.540. The number of hydrogen-bond donors (Lipinski definition) is 4. The average molecular weight is 481 g/mol. The van der Waals surface area contributed by atoms with Gasteiger partial charge in [0.25, 0.3) is 11.8 Å². The number of carbonyl (C=O) groups is 2. The number of nitrogens with zero attached hydrogens (tertiary/aromatic N) is 2. The van der Waals surface area contributed by atoms with E-state index in [0.29, 0.717) is 30.3 Å². The van der Waals surface area contributed by atoms with E-state index in [1.165, 1.54) is 10.6 Å². The number of ether oxygens (including phenoxy) is 2. The molecule has 0 spiro atoms. The summed E-state index contributed by atoms with van der Waals surface area (Å²) < 4.78 is 11.1. The van der Waals surface area contributed by atoms with E-state index in [-0.39, 0.29) is 31.3 Å². The predicted molar refractivity (Wildman–Crippen MR) is 134 cm³/mol. The molecule has 35 heavy (non-hydrogen) atoms. The minimum Gasteiger partial charge on any atom is -0.486 e. The molecule has 0 radical (unpaired) electrons. The van der Waals surface area contributed by atoms with Crippen LogP contribution in [0.25, 0.3) is 0 Å². The zero-order chi connectivity index (χ0) is 25.2. The first kappa shape index (κ1) is 25.9. The fraction of sp³-hybridized carbons (Fsp3) is 0.360. The highest BCUT2D eigenvalue weighted by molar-refractivity contribution is 6.38. The molecule has 0 aromatic heterocycles. The average Bonchev–Trinajstić information content (AvgIpc) is 2.88. The van der Waals surface area contributed by atoms with Crippen LogP contribution in [0.5, 0.6) is 11.5 Å². The van der Waals surface area contributed by atoms with Crippen LogP contribution < -0.4 is 25.9 Å². The lowest BCUT2D eigenvalue weighted by Crippen LogP contribution is -2.46. The fourth-order valence-corrected chi connectivity index (χ4v) is 3.56. The Balaban J connectivity index is 1.47. The number of amides is 2. The van der Waals surface area contributed by atoms with E-state index < -0.39 is 11.9 Å². The van der Waals surface area contributed by atoms with Crippen LogP contribution in [0.1, 0.15) is 34.5 Å². The Labute approximate surface area is 205 Å². The summed E-state index contributed by atoms with van der Waals surface area (Å²) in [6, 6.07) is 12.6. The third-order valence-corrected chi connectivity index (χ3v) is 5.46. The lowest BCUT2D eigenvalue weighted by molar-refractivity contribution is -0.115. The first-order chi connectivity index (χ1) is 16.9. The van der Waals surface area contributed by atoms with Gasteiger partial charge in [0, 0.05) is 26.4 Å². The Hall–Kier alpha value is -3.76. The molecule has 3 rings (SSSR count). The van der Waals surface area contributed by atoms with E-state index in [2.05, 4.69) is 22.5 Å². The van der Waals surface area contributed by atoms with Gasteiger partial charge in [-0.05, 0) is 29.7 Å². The van der Waals surface area contributed by atoms with Crippen LogP contribution in [0, 0.1) is 5.41 Å². The summed E-state index contributed by atoms with van der Waals surface area (Å²) in [6.07, 6.45) is 2.55. The van der Waals surface area contributed by atoms with E-state index in [0.717, 1.165) is 12.0 Å². The maximum Gasteiger partial charge on any atom is 0.267 e. The number of hydrazine groups is 1. The van der Waals surface area contributed by atoms with Crippen LogP contribution in [0.15, 0.2) is 47.5 Å². The maximum absolute atomic E-state index is 12.6. The molecule has 0 aliphatic carbocycles. The SMILES string of the molecule is CCc1ccc(C(C=NC)NC(=O)C(=N)CN(N)CCNC(=O)c2cccc3c2OCCO3)cc1. The van der Waals surface area contributed by atoms with Gasteiger partial charge in [0.05, 0.1) is 18.2 Å². The van der Waals surface area contributed by atoms with E-state index in [1.54, 1.807) is 31.5 Å². The number of fused-ring (bicyclic) bond motifs is 1. The molecule has 2 aromatic rings. The third-order valence-electron chi connectivity index (χ3n) is 5.46. The van der Waals surface area contributed by atoms with Crippen LogP contribution >= 0.6 is 0 Å². The molecule has 1 aliphatic heterocycles. The summed E-state index contributed by atoms with van der Waals surface area (Å²) >= 11 is 0. The van der Waals surface area contributed by atoms with E-state index in [1.807, 2.05) is 24.3 Å². The largest absolute Gasteiger partial charge is 0.486 e. The van der Waals surface area contributed by atoms with Crippen molar-refractivity contribution in [1.29, 1.82) is 5.41 Å². The molecule has 1 atom stereocenters. The van der Waals surface area contributed by atoms with Crippen molar-refractivity contribution in [3.63, 3.8) is 0 Å². The van der Waals surface area contributed by atoms with Crippen molar-refractivity contribution in [2.45, 2.75) is 19.4 Å². The molecule has 0 saturated carbocycles. The molecule has 1 heterocycles. The Morgan fingerprint density at radius 2 is 1.94 bits per heavy atom. The predicted octanol–water partition coefficient (Wildman–Crippen LogP) is 1.50. The van der Waals surface area contributed by atoms with Gasteiger partial charge in [-0.2, -0.15) is 0 Å². The monoisotopic (exact) mass is 480 g/mol. The van der Waals surface area contributed by atoms with Gasteiger partial charge in [-0.1, -0.05) is 37.3 Å². The third kappa shape index (κ3) is 7.11. The number of hydrogen-bond acceptors (Lipinski definition) is 8. The van der Waals surface area contributed by atoms with Crippen molar-refractivity contribution in [1.82, 2.24) is 15.6 Å². The van der Waals surface area contributed by atoms with E-state index in [9.17, 15) is 9.59 Å². The second kappa shape index (κ2) is 12.6. The van der Waals surface area contributed by atoms with Crippen molar-refractivity contribution in [2.24, 2.45) is 10.8 Å². The van der Waals surface area contributed by atoms with Gasteiger partial charge >= 0.3 is 0 Å². The van der Waals surface area contributed by atoms with Gasteiger partial charge in [-0.15, -0.1) is 0 Å². The number of aryl methyl sites for hydroxylation is 1. The zero-order valence-electron chi connectivity index (χ0n) is 20.0. The number of aliphatic imine (C=N–C) groups is 1. The van der Waals surface area contributed by atoms with E-state index >= 15 is 0 Å². The zero-order valence-corrected chi connectivity index (χ0v) is 20.0. The van der Waals surface area contributed by atoms with Crippen LogP contribution in [0.3, 0.4) is 0 Å². The Bertz CT molecular complexity index is 1070. The minimum absolute atomic E-state index is 0.0792. The summed E-state index contributed by atoms with van der Waals surface area (Å²) in [5.41, 5.74) is 2.26. The second-order valence-corrected chi connectivity index (χ2v) is 7.99. The summed E-state index contributed by atoms with van der Waals surface area (Å²) in [5, 5.41) is 15.0. The Morgan fingerprint density at radius 1 is 1.20 bits per heavy atom. The molecule has 186 valence electrons. The molecular formula is C25H32N6O4. The maximum atomic E-state index is 12.6. The lowest BCUT2D eigenvalue weighted by atomic mass is 10.0. The summed E-state index contributed by atoms with van der Waals surface area (Å²) in [4.78, 5) is 29.2. The molecule has 10 nitrogen and oxygen atoms in total. The molecule has 2 amide bonds. The molecular weight excluding hydrogens is 448 g/mol. The Kier molecular flexibility index (Phi) is 9.33. The molecule has 0 saturated heterocycles. The highest BCUT2D eigenvalue weighted by Gasteiger charge is 2.21. The molecule has 1 aliphatic rings. The van der Waals surface area contributed by atoms with Gasteiger partial charge in [-0.3, -0.25) is 25.8 Å². The lowest BCUT2D eigenvalue weighted by Gasteiger charge is -2.21. The number of nitrogens with two attached hydrogens (primary N) is 1. The number of benzene rings is 2. The number of nitrogens with one attached hydrogen (secondary N) is 3. The highest BCUT2D eigenvalue weighted by atomic mass is 16.6. The first-order valence-electron chi connectivity index (χ1n) is 11.5. The van der Waals surface area contributed by atoms with Gasteiger partial charge in [-0.25, -0.2) is 5.01 Å². The summed E-state index contributed by atoms with van der Waals surface area (Å²) in [6.45, 7) is 3.29. The standard InChI is InChI=1S/C25H32N6O4/c1-3-17-7-9-18(10-8-17)21(15-28-2)30-25(33)20(26)16-31(27)12-11-29-24(32)19-5-4-6-22-23(19)35-14-13-34-22/h4-10,15,21,26H,3,11-14,16,27H2,1-2H3,(H,29,32)(H,30,33). The van der Waals surface area contributed by atoms with Crippen LogP contribution in [-0.2, 0) is 11.2 Å². The number of para-hydroxylation sites is 1. The van der Waals surface area contributed by atoms with E-state index in [4.69, 9.17) is 20.7 Å². The van der Waals surface area contributed by atoms with Crippen LogP contribution in [0.4, 0.5) is 0 Å². The van der Waals surface area contributed by atoms with Gasteiger partial charge in [0.15, 0.2) is 11.5 Å². The molecule has 2 aromatic carbocycles. The molecule has 0 bridgehead atoms. The fourth-order valence-electron chi connectivity index (χ4n) is 3.56. The normalized spacial score (nSPS) is 13.5. The van der Waals surface area contributed by atoms with Gasteiger partial charge in [0.2, 0.25) is 0 Å². The highest BCUT2D eigenvalue weighted by Crippen LogP contribution is 2.33.